The Morgan fingerprint density at radius 2 is 1.56 bits per heavy atom. The highest BCUT2D eigenvalue weighted by Crippen LogP contribution is 2.43. The number of hydrogen-bond acceptors (Lipinski definition) is 8. The fourth-order valence-electron chi connectivity index (χ4n) is 3.66. The Balaban J connectivity index is 1.94. The van der Waals surface area contributed by atoms with E-state index in [9.17, 15) is 0 Å². The molecule has 2 aliphatic heterocycles. The molecule has 0 aliphatic carbocycles. The SMILES string of the molecule is COc1cc(Cl)c2nc(N3CCNCC3)nc(N3CCNCC3)c2c1OC. The van der Waals surface area contributed by atoms with Crippen molar-refractivity contribution in [3.05, 3.63) is 11.1 Å². The van der Waals surface area contributed by atoms with E-state index in [0.29, 0.717) is 28.0 Å². The molecule has 2 N–H and O–H groups in total. The van der Waals surface area contributed by atoms with E-state index in [1.165, 1.54) is 0 Å². The van der Waals surface area contributed by atoms with Crippen LogP contribution in [0.15, 0.2) is 6.07 Å². The van der Waals surface area contributed by atoms with Crippen molar-refractivity contribution in [1.29, 1.82) is 0 Å². The van der Waals surface area contributed by atoms with Crippen LogP contribution in [0.4, 0.5) is 11.8 Å². The van der Waals surface area contributed by atoms with Gasteiger partial charge in [-0.15, -0.1) is 0 Å². The summed E-state index contributed by atoms with van der Waals surface area (Å²) in [7, 11) is 3.25. The van der Waals surface area contributed by atoms with Crippen LogP contribution in [0.2, 0.25) is 5.02 Å². The van der Waals surface area contributed by atoms with Crippen LogP contribution < -0.4 is 29.9 Å². The summed E-state index contributed by atoms with van der Waals surface area (Å²) in [6, 6.07) is 1.76. The lowest BCUT2D eigenvalue weighted by molar-refractivity contribution is 0.358. The highest BCUT2D eigenvalue weighted by atomic mass is 35.5. The van der Waals surface area contributed by atoms with Crippen LogP contribution in [0.5, 0.6) is 11.5 Å². The number of nitrogens with zero attached hydrogens (tertiary/aromatic N) is 4. The van der Waals surface area contributed by atoms with Crippen molar-refractivity contribution < 1.29 is 9.47 Å². The molecule has 9 heteroatoms. The molecule has 0 bridgehead atoms. The quantitative estimate of drug-likeness (QED) is 0.801. The molecule has 1 aromatic carbocycles. The number of hydrogen-bond donors (Lipinski definition) is 2. The summed E-state index contributed by atoms with van der Waals surface area (Å²) in [6.45, 7) is 7.14. The topological polar surface area (TPSA) is 74.8 Å². The normalized spacial score (nSPS) is 18.0. The lowest BCUT2D eigenvalue weighted by Crippen LogP contribution is -2.45. The van der Waals surface area contributed by atoms with Gasteiger partial charge in [-0.05, 0) is 0 Å². The van der Waals surface area contributed by atoms with Crippen molar-refractivity contribution in [1.82, 2.24) is 20.6 Å². The number of methoxy groups -OCH3 is 2. The lowest BCUT2D eigenvalue weighted by atomic mass is 10.1. The van der Waals surface area contributed by atoms with Gasteiger partial charge >= 0.3 is 0 Å². The van der Waals surface area contributed by atoms with Gasteiger partial charge in [-0.25, -0.2) is 4.98 Å². The Morgan fingerprint density at radius 1 is 0.926 bits per heavy atom. The van der Waals surface area contributed by atoms with E-state index in [1.54, 1.807) is 20.3 Å². The number of ether oxygens (including phenoxy) is 2. The zero-order valence-corrected chi connectivity index (χ0v) is 16.5. The zero-order valence-electron chi connectivity index (χ0n) is 15.7. The van der Waals surface area contributed by atoms with Crippen LogP contribution in [0.1, 0.15) is 0 Å². The fourth-order valence-corrected chi connectivity index (χ4v) is 3.89. The van der Waals surface area contributed by atoms with Crippen LogP contribution >= 0.6 is 11.6 Å². The van der Waals surface area contributed by atoms with Gasteiger partial charge in [0, 0.05) is 58.4 Å². The monoisotopic (exact) mass is 392 g/mol. The van der Waals surface area contributed by atoms with Gasteiger partial charge in [0.05, 0.1) is 24.6 Å². The standard InChI is InChI=1S/C18H25ClN6O2/c1-26-13-11-12(19)15-14(16(13)27-2)17(24-7-3-20-4-8-24)23-18(22-15)25-9-5-21-6-10-25/h11,20-21H,3-10H2,1-2H3. The summed E-state index contributed by atoms with van der Waals surface area (Å²) < 4.78 is 11.2. The van der Waals surface area contributed by atoms with E-state index in [1.807, 2.05) is 0 Å². The Labute approximate surface area is 163 Å². The first kappa shape index (κ1) is 18.3. The third kappa shape index (κ3) is 3.44. The van der Waals surface area contributed by atoms with Gasteiger partial charge in [0.2, 0.25) is 5.95 Å². The Hall–Kier alpha value is -2.03. The van der Waals surface area contributed by atoms with Crippen molar-refractivity contribution in [3.63, 3.8) is 0 Å². The Morgan fingerprint density at radius 3 is 2.15 bits per heavy atom. The number of aromatic nitrogens is 2. The van der Waals surface area contributed by atoms with Crippen LogP contribution in [0.3, 0.4) is 0 Å². The highest BCUT2D eigenvalue weighted by molar-refractivity contribution is 6.36. The first-order valence-electron chi connectivity index (χ1n) is 9.26. The maximum Gasteiger partial charge on any atom is 0.228 e. The average molecular weight is 393 g/mol. The summed E-state index contributed by atoms with van der Waals surface area (Å²) in [5, 5.41) is 8.10. The van der Waals surface area contributed by atoms with E-state index in [2.05, 4.69) is 20.4 Å². The molecule has 0 unspecified atom stereocenters. The molecular formula is C18H25ClN6O2. The second kappa shape index (κ2) is 7.92. The van der Waals surface area contributed by atoms with Gasteiger partial charge in [-0.2, -0.15) is 4.98 Å². The van der Waals surface area contributed by atoms with E-state index < -0.39 is 0 Å². The molecule has 0 atom stereocenters. The Kier molecular flexibility index (Phi) is 5.38. The summed E-state index contributed by atoms with van der Waals surface area (Å²) in [5.74, 6) is 2.78. The molecule has 4 rings (SSSR count). The largest absolute Gasteiger partial charge is 0.493 e. The number of anilines is 2. The average Bonchev–Trinajstić information content (AvgIpc) is 2.74. The van der Waals surface area contributed by atoms with Crippen molar-refractivity contribution in [2.45, 2.75) is 0 Å². The first-order valence-corrected chi connectivity index (χ1v) is 9.64. The van der Waals surface area contributed by atoms with Crippen LogP contribution in [-0.4, -0.2) is 76.5 Å². The van der Waals surface area contributed by atoms with Crippen LogP contribution in [0, 0.1) is 0 Å². The molecule has 0 radical (unpaired) electrons. The predicted octanol–water partition coefficient (Wildman–Crippen LogP) is 1.12. The minimum absolute atomic E-state index is 0.540. The molecule has 1 aromatic heterocycles. The van der Waals surface area contributed by atoms with E-state index in [4.69, 9.17) is 31.0 Å². The van der Waals surface area contributed by atoms with Gasteiger partial charge in [0.25, 0.3) is 0 Å². The predicted molar refractivity (Wildman–Crippen MR) is 108 cm³/mol. The van der Waals surface area contributed by atoms with Crippen LogP contribution in [-0.2, 0) is 0 Å². The molecule has 27 heavy (non-hydrogen) atoms. The maximum atomic E-state index is 6.60. The number of fused-ring (bicyclic) bond motifs is 1. The van der Waals surface area contributed by atoms with Crippen LogP contribution in [0.25, 0.3) is 10.9 Å². The van der Waals surface area contributed by atoms with E-state index in [0.717, 1.165) is 63.6 Å². The summed E-state index contributed by atoms with van der Waals surface area (Å²) in [6.07, 6.45) is 0. The van der Waals surface area contributed by atoms with Gasteiger partial charge in [0.1, 0.15) is 11.3 Å². The second-order valence-electron chi connectivity index (χ2n) is 6.64. The third-order valence-corrected chi connectivity index (χ3v) is 5.34. The Bertz CT molecular complexity index is 821. The van der Waals surface area contributed by atoms with Gasteiger partial charge in [-0.3, -0.25) is 0 Å². The number of nitrogens with one attached hydrogen (secondary N) is 2. The van der Waals surface area contributed by atoms with Crippen molar-refractivity contribution >= 4 is 34.3 Å². The van der Waals surface area contributed by atoms with Crippen molar-refractivity contribution in [2.75, 3.05) is 76.4 Å². The summed E-state index contributed by atoms with van der Waals surface area (Å²) >= 11 is 6.60. The first-order chi connectivity index (χ1) is 13.2. The lowest BCUT2D eigenvalue weighted by Gasteiger charge is -2.32. The number of halogens is 1. The number of rotatable bonds is 4. The van der Waals surface area contributed by atoms with Crippen molar-refractivity contribution in [3.8, 4) is 11.5 Å². The molecule has 3 heterocycles. The summed E-state index contributed by atoms with van der Waals surface area (Å²) in [5.41, 5.74) is 0.700. The van der Waals surface area contributed by atoms with Gasteiger partial charge in [-0.1, -0.05) is 11.6 Å². The minimum atomic E-state index is 0.540. The van der Waals surface area contributed by atoms with E-state index in [-0.39, 0.29) is 0 Å². The molecule has 2 aliphatic rings. The highest BCUT2D eigenvalue weighted by Gasteiger charge is 2.25. The molecule has 2 aromatic rings. The molecule has 0 saturated carbocycles. The fraction of sp³-hybridized carbons (Fsp3) is 0.556. The molecule has 8 nitrogen and oxygen atoms in total. The summed E-state index contributed by atoms with van der Waals surface area (Å²) in [4.78, 5) is 14.3. The molecule has 0 amide bonds. The zero-order chi connectivity index (χ0) is 18.8. The number of benzene rings is 1. The maximum absolute atomic E-state index is 6.60. The van der Waals surface area contributed by atoms with Gasteiger partial charge < -0.3 is 29.9 Å². The second-order valence-corrected chi connectivity index (χ2v) is 7.05. The molecule has 2 fully saturated rings. The smallest absolute Gasteiger partial charge is 0.228 e. The van der Waals surface area contributed by atoms with Gasteiger partial charge in [0.15, 0.2) is 11.5 Å². The molecule has 2 saturated heterocycles. The third-order valence-electron chi connectivity index (χ3n) is 5.05. The number of piperazine rings is 2. The minimum Gasteiger partial charge on any atom is -0.493 e. The van der Waals surface area contributed by atoms with Crippen molar-refractivity contribution in [2.24, 2.45) is 0 Å². The molecular weight excluding hydrogens is 368 g/mol. The molecule has 146 valence electrons. The molecule has 0 spiro atoms. The van der Waals surface area contributed by atoms with E-state index >= 15 is 0 Å².